The summed E-state index contributed by atoms with van der Waals surface area (Å²) in [5, 5.41) is 8.36. The van der Waals surface area contributed by atoms with E-state index in [0.29, 0.717) is 10.4 Å². The molecular formula is C17H17ClF7N5O. The average molecular weight is 476 g/mol. The number of hydrogen-bond acceptors (Lipinski definition) is 3. The van der Waals surface area contributed by atoms with Gasteiger partial charge >= 0.3 is 6.18 Å². The third-order valence-corrected chi connectivity index (χ3v) is 5.02. The molecule has 2 heterocycles. The van der Waals surface area contributed by atoms with Crippen molar-refractivity contribution in [2.45, 2.75) is 57.3 Å². The van der Waals surface area contributed by atoms with Crippen molar-refractivity contribution >= 4 is 17.5 Å². The van der Waals surface area contributed by atoms with E-state index >= 15 is 0 Å². The monoisotopic (exact) mass is 475 g/mol. The predicted molar refractivity (Wildman–Crippen MR) is 94.0 cm³/mol. The molecule has 31 heavy (non-hydrogen) atoms. The van der Waals surface area contributed by atoms with Crippen LogP contribution in [-0.2, 0) is 24.1 Å². The van der Waals surface area contributed by atoms with Crippen LogP contribution in [0.1, 0.15) is 60.8 Å². The summed E-state index contributed by atoms with van der Waals surface area (Å²) >= 11 is 5.51. The highest BCUT2D eigenvalue weighted by Gasteiger charge is 2.37. The number of aryl methyl sites for hydroxylation is 1. The molecule has 172 valence electrons. The minimum Gasteiger partial charge on any atom is -0.354 e. The van der Waals surface area contributed by atoms with Crippen LogP contribution in [-0.4, -0.2) is 32.0 Å². The molecule has 1 N–H and O–H groups in total. The van der Waals surface area contributed by atoms with E-state index < -0.39 is 53.6 Å². The number of aromatic nitrogens is 4. The smallest absolute Gasteiger partial charge is 0.354 e. The van der Waals surface area contributed by atoms with Crippen LogP contribution in [0.3, 0.4) is 0 Å². The topological polar surface area (TPSA) is 64.7 Å². The van der Waals surface area contributed by atoms with Gasteiger partial charge in [0.1, 0.15) is 17.9 Å². The van der Waals surface area contributed by atoms with E-state index in [1.807, 2.05) is 0 Å². The number of halogens is 8. The Kier molecular flexibility index (Phi) is 6.82. The Balaban J connectivity index is 1.56. The number of amides is 1. The number of carbonyl (C=O) groups is 1. The maximum absolute atomic E-state index is 13.1. The van der Waals surface area contributed by atoms with E-state index in [1.54, 1.807) is 0 Å². The van der Waals surface area contributed by atoms with Gasteiger partial charge in [-0.05, 0) is 25.3 Å². The molecule has 6 nitrogen and oxygen atoms in total. The normalized spacial score (nSPS) is 14.6. The molecule has 0 bridgehead atoms. The first-order chi connectivity index (χ1) is 14.5. The second kappa shape index (κ2) is 9.05. The Morgan fingerprint density at radius 1 is 1.16 bits per heavy atom. The standard InChI is InChI=1S/C17H17ClF7N5O/c18-12-13(15(19)20)28-30(14(12)16(21)22)7-11(31)26-4-1-5-29-9(8-2-3-8)6-10(27-29)17(23,24)25/h6,8,15-16H,1-5,7H2,(H,26,31). The first-order valence-electron chi connectivity index (χ1n) is 9.23. The van der Waals surface area contributed by atoms with E-state index in [0.717, 1.165) is 18.9 Å². The lowest BCUT2D eigenvalue weighted by atomic mass is 10.2. The Morgan fingerprint density at radius 2 is 1.84 bits per heavy atom. The van der Waals surface area contributed by atoms with E-state index in [-0.39, 0.29) is 25.4 Å². The fourth-order valence-electron chi connectivity index (χ4n) is 3.05. The largest absolute Gasteiger partial charge is 0.435 e. The minimum absolute atomic E-state index is 0.00483. The van der Waals surface area contributed by atoms with Gasteiger partial charge in [0.15, 0.2) is 5.69 Å². The Bertz CT molecular complexity index is 936. The number of alkyl halides is 7. The second-order valence-corrected chi connectivity index (χ2v) is 7.37. The van der Waals surface area contributed by atoms with E-state index in [1.165, 1.54) is 4.68 Å². The van der Waals surface area contributed by atoms with Gasteiger partial charge in [-0.15, -0.1) is 0 Å². The number of hydrogen-bond donors (Lipinski definition) is 1. The van der Waals surface area contributed by atoms with Crippen molar-refractivity contribution in [1.82, 2.24) is 24.9 Å². The summed E-state index contributed by atoms with van der Waals surface area (Å²) in [6.45, 7) is -0.655. The second-order valence-electron chi connectivity index (χ2n) is 7.00. The molecular weight excluding hydrogens is 459 g/mol. The maximum Gasteiger partial charge on any atom is 0.435 e. The van der Waals surface area contributed by atoms with Crippen LogP contribution in [0, 0.1) is 0 Å². The third kappa shape index (κ3) is 5.49. The maximum atomic E-state index is 13.1. The lowest BCUT2D eigenvalue weighted by Gasteiger charge is -2.09. The first-order valence-corrected chi connectivity index (χ1v) is 9.60. The molecule has 0 spiro atoms. The molecule has 2 aromatic rings. The molecule has 0 aliphatic heterocycles. The van der Waals surface area contributed by atoms with Gasteiger partial charge < -0.3 is 5.32 Å². The number of nitrogens with zero attached hydrogens (tertiary/aromatic N) is 4. The molecule has 1 saturated carbocycles. The number of nitrogens with one attached hydrogen (secondary N) is 1. The highest BCUT2D eigenvalue weighted by molar-refractivity contribution is 6.32. The molecule has 2 aromatic heterocycles. The Morgan fingerprint density at radius 3 is 2.39 bits per heavy atom. The summed E-state index contributed by atoms with van der Waals surface area (Å²) in [7, 11) is 0. The molecule has 0 saturated heterocycles. The predicted octanol–water partition coefficient (Wildman–Crippen LogP) is 4.71. The Hall–Kier alpha value is -2.31. The van der Waals surface area contributed by atoms with Crippen molar-refractivity contribution in [2.24, 2.45) is 0 Å². The van der Waals surface area contributed by atoms with Crippen LogP contribution in [0.2, 0.25) is 5.02 Å². The van der Waals surface area contributed by atoms with Crippen LogP contribution in [0.4, 0.5) is 30.7 Å². The van der Waals surface area contributed by atoms with Gasteiger partial charge in [-0.3, -0.25) is 14.2 Å². The fraction of sp³-hybridized carbons (Fsp3) is 0.588. The molecule has 1 fully saturated rings. The van der Waals surface area contributed by atoms with E-state index in [9.17, 15) is 35.5 Å². The van der Waals surface area contributed by atoms with Gasteiger partial charge in [-0.2, -0.15) is 23.4 Å². The van der Waals surface area contributed by atoms with Gasteiger partial charge in [-0.1, -0.05) is 11.6 Å². The summed E-state index contributed by atoms with van der Waals surface area (Å²) in [6.07, 6.45) is -9.20. The molecule has 0 unspecified atom stereocenters. The lowest BCUT2D eigenvalue weighted by molar-refractivity contribution is -0.141. The van der Waals surface area contributed by atoms with Crippen LogP contribution in [0.15, 0.2) is 6.07 Å². The van der Waals surface area contributed by atoms with E-state index in [2.05, 4.69) is 15.5 Å². The van der Waals surface area contributed by atoms with Gasteiger partial charge in [-0.25, -0.2) is 17.6 Å². The summed E-state index contributed by atoms with van der Waals surface area (Å²) in [5.74, 6) is -0.764. The molecule has 14 heteroatoms. The van der Waals surface area contributed by atoms with Gasteiger partial charge in [0.2, 0.25) is 5.91 Å². The molecule has 1 amide bonds. The van der Waals surface area contributed by atoms with Crippen LogP contribution >= 0.6 is 11.6 Å². The zero-order valence-electron chi connectivity index (χ0n) is 15.8. The third-order valence-electron chi connectivity index (χ3n) is 4.63. The summed E-state index contributed by atoms with van der Waals surface area (Å²) in [6, 6.07) is 1.02. The molecule has 0 radical (unpaired) electrons. The first kappa shape index (κ1) is 23.4. The van der Waals surface area contributed by atoms with Gasteiger partial charge in [0.05, 0.1) is 5.02 Å². The minimum atomic E-state index is -4.56. The summed E-state index contributed by atoms with van der Waals surface area (Å²) in [4.78, 5) is 12.0. The van der Waals surface area contributed by atoms with Crippen LogP contribution < -0.4 is 5.32 Å². The zero-order valence-corrected chi connectivity index (χ0v) is 16.5. The quantitative estimate of drug-likeness (QED) is 0.422. The van der Waals surface area contributed by atoms with Crippen molar-refractivity contribution in [3.8, 4) is 0 Å². The van der Waals surface area contributed by atoms with Crippen molar-refractivity contribution in [2.75, 3.05) is 6.54 Å². The fourth-order valence-corrected chi connectivity index (χ4v) is 3.35. The molecule has 1 aliphatic rings. The molecule has 1 aliphatic carbocycles. The molecule has 0 atom stereocenters. The average Bonchev–Trinajstić information content (AvgIpc) is 3.31. The highest BCUT2D eigenvalue weighted by Crippen LogP contribution is 2.42. The SMILES string of the molecule is O=C(Cn1nc(C(F)F)c(Cl)c1C(F)F)NCCCn1nc(C(F)(F)F)cc1C1CC1. The van der Waals surface area contributed by atoms with Crippen molar-refractivity contribution in [1.29, 1.82) is 0 Å². The van der Waals surface area contributed by atoms with Crippen LogP contribution in [0.5, 0.6) is 0 Å². The zero-order chi connectivity index (χ0) is 22.9. The van der Waals surface area contributed by atoms with E-state index in [4.69, 9.17) is 11.6 Å². The molecule has 3 rings (SSSR count). The summed E-state index contributed by atoms with van der Waals surface area (Å²) in [5.41, 5.74) is -2.54. The van der Waals surface area contributed by atoms with Crippen molar-refractivity contribution in [3.63, 3.8) is 0 Å². The number of rotatable bonds is 9. The molecule has 0 aromatic carbocycles. The highest BCUT2D eigenvalue weighted by atomic mass is 35.5. The van der Waals surface area contributed by atoms with Crippen molar-refractivity contribution < 1.29 is 35.5 Å². The van der Waals surface area contributed by atoms with Gasteiger partial charge in [0, 0.05) is 24.7 Å². The number of carbonyl (C=O) groups excluding carboxylic acids is 1. The van der Waals surface area contributed by atoms with Crippen molar-refractivity contribution in [3.05, 3.63) is 33.9 Å². The Labute approximate surface area is 176 Å². The van der Waals surface area contributed by atoms with Gasteiger partial charge in [0.25, 0.3) is 12.9 Å². The lowest BCUT2D eigenvalue weighted by Crippen LogP contribution is -2.30. The summed E-state index contributed by atoms with van der Waals surface area (Å²) < 4.78 is 92.1. The van der Waals surface area contributed by atoms with Crippen LogP contribution in [0.25, 0.3) is 0 Å².